The van der Waals surface area contributed by atoms with Gasteiger partial charge in [0.05, 0.1) is 19.6 Å². The predicted octanol–water partition coefficient (Wildman–Crippen LogP) is 2.61. The Labute approximate surface area is 174 Å². The van der Waals surface area contributed by atoms with Gasteiger partial charge in [-0.3, -0.25) is 14.5 Å². The molecule has 29 heavy (non-hydrogen) atoms. The van der Waals surface area contributed by atoms with E-state index < -0.39 is 0 Å². The van der Waals surface area contributed by atoms with Crippen LogP contribution in [-0.4, -0.2) is 62.1 Å². The zero-order valence-corrected chi connectivity index (χ0v) is 17.9. The summed E-state index contributed by atoms with van der Waals surface area (Å²) >= 11 is 0. The molecular weight excluding hydrogens is 366 g/mol. The fourth-order valence-corrected chi connectivity index (χ4v) is 4.52. The molecule has 1 unspecified atom stereocenters. The molecule has 0 bridgehead atoms. The van der Waals surface area contributed by atoms with Crippen molar-refractivity contribution in [1.82, 2.24) is 10.2 Å². The number of nitrogens with one attached hydrogen (secondary N) is 1. The maximum Gasteiger partial charge on any atom is 0.227 e. The molecule has 1 aromatic rings. The number of rotatable bonds is 9. The molecule has 0 radical (unpaired) electrons. The van der Waals surface area contributed by atoms with Gasteiger partial charge in [-0.15, -0.1) is 0 Å². The van der Waals surface area contributed by atoms with Crippen molar-refractivity contribution in [2.45, 2.75) is 52.0 Å². The van der Waals surface area contributed by atoms with Crippen LogP contribution in [0.2, 0.25) is 0 Å². The number of ether oxygens (including phenoxy) is 1. The van der Waals surface area contributed by atoms with E-state index in [1.165, 1.54) is 0 Å². The third-order valence-electron chi connectivity index (χ3n) is 6.30. The summed E-state index contributed by atoms with van der Waals surface area (Å²) in [5.74, 6) is 0.816. The molecule has 1 aromatic carbocycles. The van der Waals surface area contributed by atoms with Crippen molar-refractivity contribution in [2.24, 2.45) is 5.92 Å². The van der Waals surface area contributed by atoms with E-state index in [0.717, 1.165) is 63.4 Å². The van der Waals surface area contributed by atoms with Crippen molar-refractivity contribution in [3.05, 3.63) is 29.8 Å². The highest BCUT2D eigenvalue weighted by molar-refractivity contribution is 5.95. The summed E-state index contributed by atoms with van der Waals surface area (Å²) in [6, 6.07) is 8.18. The lowest BCUT2D eigenvalue weighted by Gasteiger charge is -2.38. The van der Waals surface area contributed by atoms with Gasteiger partial charge in [0.15, 0.2) is 0 Å². The number of hydrogen-bond donors (Lipinski definition) is 1. The number of morpholine rings is 1. The molecule has 2 heterocycles. The first kappa shape index (κ1) is 21.8. The van der Waals surface area contributed by atoms with Crippen LogP contribution in [0.25, 0.3) is 0 Å². The quantitative estimate of drug-likeness (QED) is 0.691. The topological polar surface area (TPSA) is 61.9 Å². The number of benzene rings is 1. The van der Waals surface area contributed by atoms with Crippen LogP contribution in [0.15, 0.2) is 24.3 Å². The molecule has 2 fully saturated rings. The first-order chi connectivity index (χ1) is 14.1. The molecule has 1 N–H and O–H groups in total. The lowest BCUT2D eigenvalue weighted by molar-refractivity contribution is -0.121. The lowest BCUT2D eigenvalue weighted by Crippen LogP contribution is -2.52. The fourth-order valence-electron chi connectivity index (χ4n) is 4.52. The van der Waals surface area contributed by atoms with Crippen LogP contribution in [-0.2, 0) is 20.7 Å². The van der Waals surface area contributed by atoms with Gasteiger partial charge in [-0.05, 0) is 30.0 Å². The van der Waals surface area contributed by atoms with Crippen LogP contribution in [0.5, 0.6) is 0 Å². The van der Waals surface area contributed by atoms with Crippen LogP contribution in [0.4, 0.5) is 5.69 Å². The molecule has 0 aliphatic carbocycles. The average Bonchev–Trinajstić information content (AvgIpc) is 3.18. The Morgan fingerprint density at radius 1 is 1.10 bits per heavy atom. The summed E-state index contributed by atoms with van der Waals surface area (Å²) in [5.41, 5.74) is 1.90. The zero-order chi connectivity index (χ0) is 20.6. The molecule has 1 atom stereocenters. The van der Waals surface area contributed by atoms with Crippen LogP contribution < -0.4 is 10.2 Å². The third-order valence-corrected chi connectivity index (χ3v) is 6.30. The Hall–Kier alpha value is -1.92. The summed E-state index contributed by atoms with van der Waals surface area (Å²) in [5, 5.41) is 3.17. The highest BCUT2D eigenvalue weighted by atomic mass is 16.5. The smallest absolute Gasteiger partial charge is 0.227 e. The molecule has 6 nitrogen and oxygen atoms in total. The van der Waals surface area contributed by atoms with Crippen LogP contribution in [0, 0.1) is 5.92 Å². The third kappa shape index (κ3) is 5.80. The van der Waals surface area contributed by atoms with Crippen molar-refractivity contribution in [1.29, 1.82) is 0 Å². The van der Waals surface area contributed by atoms with Gasteiger partial charge in [-0.1, -0.05) is 38.8 Å². The molecule has 0 aromatic heterocycles. The summed E-state index contributed by atoms with van der Waals surface area (Å²) < 4.78 is 5.50. The second-order valence-corrected chi connectivity index (χ2v) is 8.09. The van der Waals surface area contributed by atoms with E-state index in [1.807, 2.05) is 29.2 Å². The van der Waals surface area contributed by atoms with E-state index in [4.69, 9.17) is 4.74 Å². The van der Waals surface area contributed by atoms with Crippen LogP contribution >= 0.6 is 0 Å². The van der Waals surface area contributed by atoms with Crippen molar-refractivity contribution < 1.29 is 14.3 Å². The van der Waals surface area contributed by atoms with E-state index in [2.05, 4.69) is 24.1 Å². The largest absolute Gasteiger partial charge is 0.379 e. The van der Waals surface area contributed by atoms with Crippen molar-refractivity contribution in [2.75, 3.05) is 44.3 Å². The predicted molar refractivity (Wildman–Crippen MR) is 115 cm³/mol. The van der Waals surface area contributed by atoms with Gasteiger partial charge in [0.2, 0.25) is 11.8 Å². The number of amides is 2. The monoisotopic (exact) mass is 401 g/mol. The SMILES string of the molecule is CCC(CC)C(CNC(=O)Cc1ccc(N2CCCC2=O)cc1)N1CCOCC1. The summed E-state index contributed by atoms with van der Waals surface area (Å²) in [6.07, 6.45) is 4.15. The van der Waals surface area contributed by atoms with E-state index in [9.17, 15) is 9.59 Å². The highest BCUT2D eigenvalue weighted by Crippen LogP contribution is 2.22. The minimum Gasteiger partial charge on any atom is -0.379 e. The second kappa shape index (κ2) is 10.7. The minimum atomic E-state index is 0.0548. The maximum absolute atomic E-state index is 12.6. The molecular formula is C23H35N3O3. The van der Waals surface area contributed by atoms with E-state index >= 15 is 0 Å². The number of anilines is 1. The summed E-state index contributed by atoms with van der Waals surface area (Å²) in [4.78, 5) is 28.7. The Morgan fingerprint density at radius 3 is 2.38 bits per heavy atom. The molecule has 3 rings (SSSR count). The van der Waals surface area contributed by atoms with Gasteiger partial charge in [0, 0.05) is 44.3 Å². The summed E-state index contributed by atoms with van der Waals surface area (Å²) in [7, 11) is 0. The van der Waals surface area contributed by atoms with Crippen LogP contribution in [0.3, 0.4) is 0 Å². The maximum atomic E-state index is 12.6. The van der Waals surface area contributed by atoms with E-state index in [0.29, 0.717) is 31.3 Å². The Balaban J connectivity index is 1.53. The van der Waals surface area contributed by atoms with Gasteiger partial charge in [-0.2, -0.15) is 0 Å². The molecule has 0 saturated carbocycles. The number of hydrogen-bond acceptors (Lipinski definition) is 4. The first-order valence-electron chi connectivity index (χ1n) is 11.1. The van der Waals surface area contributed by atoms with Gasteiger partial charge in [0.1, 0.15) is 0 Å². The zero-order valence-electron chi connectivity index (χ0n) is 17.9. The Bertz CT molecular complexity index is 666. The first-order valence-corrected chi connectivity index (χ1v) is 11.1. The molecule has 2 saturated heterocycles. The number of carbonyl (C=O) groups is 2. The lowest BCUT2D eigenvalue weighted by atomic mass is 9.92. The van der Waals surface area contributed by atoms with Crippen LogP contribution in [0.1, 0.15) is 45.1 Å². The molecule has 2 amide bonds. The second-order valence-electron chi connectivity index (χ2n) is 8.09. The fraction of sp³-hybridized carbons (Fsp3) is 0.652. The number of carbonyl (C=O) groups excluding carboxylic acids is 2. The van der Waals surface area contributed by atoms with Crippen molar-refractivity contribution in [3.8, 4) is 0 Å². The molecule has 2 aliphatic rings. The van der Waals surface area contributed by atoms with Gasteiger partial charge < -0.3 is 15.0 Å². The van der Waals surface area contributed by atoms with Gasteiger partial charge in [0.25, 0.3) is 0 Å². The standard InChI is InChI=1S/C23H35N3O3/c1-3-19(4-2)21(25-12-14-29-15-13-25)17-24-22(27)16-18-7-9-20(10-8-18)26-11-5-6-23(26)28/h7-10,19,21H,3-6,11-17H2,1-2H3,(H,24,27). The van der Waals surface area contributed by atoms with Gasteiger partial charge >= 0.3 is 0 Å². The average molecular weight is 402 g/mol. The normalized spacial score (nSPS) is 19.0. The molecule has 2 aliphatic heterocycles. The summed E-state index contributed by atoms with van der Waals surface area (Å²) in [6.45, 7) is 9.36. The van der Waals surface area contributed by atoms with E-state index in [1.54, 1.807) is 0 Å². The molecule has 160 valence electrons. The highest BCUT2D eigenvalue weighted by Gasteiger charge is 2.27. The molecule has 6 heteroatoms. The number of nitrogens with zero attached hydrogens (tertiary/aromatic N) is 2. The Morgan fingerprint density at radius 2 is 1.79 bits per heavy atom. The van der Waals surface area contributed by atoms with E-state index in [-0.39, 0.29) is 11.8 Å². The Kier molecular flexibility index (Phi) is 8.07. The molecule has 0 spiro atoms. The van der Waals surface area contributed by atoms with Gasteiger partial charge in [-0.25, -0.2) is 0 Å². The van der Waals surface area contributed by atoms with Crippen molar-refractivity contribution in [3.63, 3.8) is 0 Å². The minimum absolute atomic E-state index is 0.0548. The van der Waals surface area contributed by atoms with Crippen molar-refractivity contribution >= 4 is 17.5 Å².